The monoisotopic (exact) mass is 221 g/mol. The van der Waals surface area contributed by atoms with Crippen LogP contribution < -0.4 is 16.6 Å². The zero-order chi connectivity index (χ0) is 11.5. The molecule has 0 aliphatic carbocycles. The van der Waals surface area contributed by atoms with Crippen LogP contribution in [0.1, 0.15) is 11.5 Å². The summed E-state index contributed by atoms with van der Waals surface area (Å²) in [6.45, 7) is 2.20. The van der Waals surface area contributed by atoms with Gasteiger partial charge in [-0.05, 0) is 6.92 Å². The number of aromatic amines is 1. The largest absolute Gasteiger partial charge is 0.391 e. The van der Waals surface area contributed by atoms with Gasteiger partial charge in [0.15, 0.2) is 5.82 Å². The Morgan fingerprint density at radius 1 is 1.62 bits per heavy atom. The fraction of sp³-hybridized carbons (Fsp3) is 0.222. The average molecular weight is 221 g/mol. The van der Waals surface area contributed by atoms with Crippen molar-refractivity contribution in [3.63, 3.8) is 0 Å². The molecular weight excluding hydrogens is 210 g/mol. The van der Waals surface area contributed by atoms with Crippen molar-refractivity contribution in [1.82, 2.24) is 15.1 Å². The molecule has 2 aromatic heterocycles. The predicted octanol–water partition coefficient (Wildman–Crippen LogP) is 0.261. The van der Waals surface area contributed by atoms with Crippen LogP contribution >= 0.6 is 0 Å². The summed E-state index contributed by atoms with van der Waals surface area (Å²) in [6.07, 6.45) is 1.29. The Kier molecular flexibility index (Phi) is 2.59. The summed E-state index contributed by atoms with van der Waals surface area (Å²) in [5.41, 5.74) is 5.95. The quantitative estimate of drug-likeness (QED) is 0.685. The van der Waals surface area contributed by atoms with E-state index in [1.54, 1.807) is 13.0 Å². The molecule has 0 fully saturated rings. The average Bonchev–Trinajstić information content (AvgIpc) is 2.67. The molecule has 0 atom stereocenters. The number of nitrogens with two attached hydrogens (primary N) is 1. The molecule has 4 N–H and O–H groups in total. The summed E-state index contributed by atoms with van der Waals surface area (Å²) in [5.74, 6) is 1.06. The Hall–Kier alpha value is -2.31. The van der Waals surface area contributed by atoms with Crippen LogP contribution in [0, 0.1) is 6.92 Å². The van der Waals surface area contributed by atoms with E-state index in [1.807, 2.05) is 0 Å². The van der Waals surface area contributed by atoms with Crippen molar-refractivity contribution < 1.29 is 4.52 Å². The fourth-order valence-corrected chi connectivity index (χ4v) is 1.23. The van der Waals surface area contributed by atoms with Gasteiger partial charge in [0.1, 0.15) is 17.1 Å². The predicted molar refractivity (Wildman–Crippen MR) is 57.8 cm³/mol. The first-order chi connectivity index (χ1) is 7.66. The van der Waals surface area contributed by atoms with E-state index < -0.39 is 0 Å². The van der Waals surface area contributed by atoms with Crippen LogP contribution in [0.5, 0.6) is 0 Å². The van der Waals surface area contributed by atoms with Crippen LogP contribution in [0.4, 0.5) is 11.5 Å². The minimum Gasteiger partial charge on any atom is -0.391 e. The minimum absolute atomic E-state index is 0.0581. The van der Waals surface area contributed by atoms with Crippen LogP contribution in [0.15, 0.2) is 21.7 Å². The highest BCUT2D eigenvalue weighted by atomic mass is 16.5. The second-order valence-corrected chi connectivity index (χ2v) is 3.28. The molecule has 0 saturated heterocycles. The molecule has 84 valence electrons. The molecule has 0 aromatic carbocycles. The molecular formula is C9H11N5O2. The number of hydrogen-bond donors (Lipinski definition) is 3. The third-order valence-electron chi connectivity index (χ3n) is 2.00. The number of aromatic nitrogens is 3. The van der Waals surface area contributed by atoms with Gasteiger partial charge in [0.2, 0.25) is 0 Å². The normalized spacial score (nSPS) is 10.3. The van der Waals surface area contributed by atoms with Crippen LogP contribution in [0.2, 0.25) is 0 Å². The SMILES string of the molecule is Cc1cc(CNc2nc[nH]c(=O)c2N)no1. The molecule has 0 radical (unpaired) electrons. The number of hydrogen-bond acceptors (Lipinski definition) is 6. The van der Waals surface area contributed by atoms with Gasteiger partial charge in [0.25, 0.3) is 5.56 Å². The van der Waals surface area contributed by atoms with Crippen LogP contribution in [-0.4, -0.2) is 15.1 Å². The molecule has 0 unspecified atom stereocenters. The molecule has 0 bridgehead atoms. The van der Waals surface area contributed by atoms with Crippen molar-refractivity contribution in [2.75, 3.05) is 11.1 Å². The minimum atomic E-state index is -0.367. The summed E-state index contributed by atoms with van der Waals surface area (Å²) >= 11 is 0. The van der Waals surface area contributed by atoms with Crippen molar-refractivity contribution in [2.24, 2.45) is 0 Å². The van der Waals surface area contributed by atoms with Crippen LogP contribution in [0.25, 0.3) is 0 Å². The molecule has 0 aliphatic heterocycles. The number of nitrogens with one attached hydrogen (secondary N) is 2. The highest BCUT2D eigenvalue weighted by Gasteiger charge is 2.05. The van der Waals surface area contributed by atoms with E-state index in [-0.39, 0.29) is 11.2 Å². The Morgan fingerprint density at radius 2 is 2.44 bits per heavy atom. The highest BCUT2D eigenvalue weighted by molar-refractivity contribution is 5.58. The van der Waals surface area contributed by atoms with E-state index in [4.69, 9.17) is 10.3 Å². The third-order valence-corrected chi connectivity index (χ3v) is 2.00. The summed E-state index contributed by atoms with van der Waals surface area (Å²) in [4.78, 5) is 17.4. The fourth-order valence-electron chi connectivity index (χ4n) is 1.23. The van der Waals surface area contributed by atoms with Crippen LogP contribution in [0.3, 0.4) is 0 Å². The Labute approximate surface area is 90.7 Å². The summed E-state index contributed by atoms with van der Waals surface area (Å²) in [7, 11) is 0. The molecule has 7 nitrogen and oxygen atoms in total. The van der Waals surface area contributed by atoms with Crippen molar-refractivity contribution >= 4 is 11.5 Å². The first-order valence-corrected chi connectivity index (χ1v) is 4.66. The molecule has 0 spiro atoms. The number of nitrogen functional groups attached to an aromatic ring is 1. The molecule has 2 rings (SSSR count). The zero-order valence-electron chi connectivity index (χ0n) is 8.65. The first-order valence-electron chi connectivity index (χ1n) is 4.66. The first kappa shape index (κ1) is 10.2. The van der Waals surface area contributed by atoms with Crippen molar-refractivity contribution in [3.8, 4) is 0 Å². The Balaban J connectivity index is 2.10. The van der Waals surface area contributed by atoms with E-state index in [2.05, 4.69) is 20.4 Å². The number of nitrogens with zero attached hydrogens (tertiary/aromatic N) is 2. The molecule has 16 heavy (non-hydrogen) atoms. The summed E-state index contributed by atoms with van der Waals surface area (Å²) < 4.78 is 4.90. The van der Waals surface area contributed by atoms with Crippen molar-refractivity contribution in [2.45, 2.75) is 13.5 Å². The molecule has 0 saturated carbocycles. The van der Waals surface area contributed by atoms with E-state index in [0.29, 0.717) is 12.4 Å². The molecule has 2 aromatic rings. The maximum absolute atomic E-state index is 11.2. The van der Waals surface area contributed by atoms with E-state index in [0.717, 1.165) is 11.5 Å². The summed E-state index contributed by atoms with van der Waals surface area (Å²) in [5, 5.41) is 6.70. The van der Waals surface area contributed by atoms with Gasteiger partial charge in [0, 0.05) is 6.07 Å². The Bertz CT molecular complexity index is 545. The van der Waals surface area contributed by atoms with Gasteiger partial charge >= 0.3 is 0 Å². The van der Waals surface area contributed by atoms with Gasteiger partial charge in [-0.1, -0.05) is 5.16 Å². The van der Waals surface area contributed by atoms with Crippen molar-refractivity contribution in [3.05, 3.63) is 34.2 Å². The smallest absolute Gasteiger partial charge is 0.276 e. The third kappa shape index (κ3) is 2.02. The Morgan fingerprint density at radius 3 is 3.12 bits per heavy atom. The number of rotatable bonds is 3. The second kappa shape index (κ2) is 4.05. The standard InChI is InChI=1S/C9H11N5O2/c1-5-2-6(14-16-5)3-11-8-7(10)9(15)13-4-12-8/h2,4H,3,10H2,1H3,(H2,11,12,13,15). The van der Waals surface area contributed by atoms with Gasteiger partial charge in [0.05, 0.1) is 12.9 Å². The van der Waals surface area contributed by atoms with Crippen molar-refractivity contribution in [1.29, 1.82) is 0 Å². The molecule has 2 heterocycles. The van der Waals surface area contributed by atoms with Gasteiger partial charge in [-0.3, -0.25) is 4.79 Å². The lowest BCUT2D eigenvalue weighted by Gasteiger charge is -2.04. The van der Waals surface area contributed by atoms with Crippen LogP contribution in [-0.2, 0) is 6.54 Å². The molecule has 0 aliphatic rings. The lowest BCUT2D eigenvalue weighted by Crippen LogP contribution is -2.16. The molecule has 7 heteroatoms. The van der Waals surface area contributed by atoms with Gasteiger partial charge in [-0.2, -0.15) is 0 Å². The maximum atomic E-state index is 11.2. The van der Waals surface area contributed by atoms with E-state index in [1.165, 1.54) is 6.33 Å². The number of aryl methyl sites for hydroxylation is 1. The van der Waals surface area contributed by atoms with Gasteiger partial charge in [-0.15, -0.1) is 0 Å². The lowest BCUT2D eigenvalue weighted by molar-refractivity contribution is 0.391. The van der Waals surface area contributed by atoms with Gasteiger partial charge in [-0.25, -0.2) is 4.98 Å². The summed E-state index contributed by atoms with van der Waals surface area (Å²) in [6, 6.07) is 1.79. The van der Waals surface area contributed by atoms with E-state index >= 15 is 0 Å². The number of anilines is 2. The second-order valence-electron chi connectivity index (χ2n) is 3.28. The van der Waals surface area contributed by atoms with Gasteiger partial charge < -0.3 is 20.6 Å². The molecule has 0 amide bonds. The topological polar surface area (TPSA) is 110 Å². The maximum Gasteiger partial charge on any atom is 0.276 e. The number of H-pyrrole nitrogens is 1. The van der Waals surface area contributed by atoms with E-state index in [9.17, 15) is 4.79 Å². The zero-order valence-corrected chi connectivity index (χ0v) is 8.65. The lowest BCUT2D eigenvalue weighted by atomic mass is 10.3. The highest BCUT2D eigenvalue weighted by Crippen LogP contribution is 2.09.